The van der Waals surface area contributed by atoms with E-state index in [2.05, 4.69) is 46.9 Å². The molecule has 4 atom stereocenters. The van der Waals surface area contributed by atoms with Crippen LogP contribution in [0.15, 0.2) is 64.0 Å². The molecule has 6 amide bonds. The number of thiazole rings is 6. The monoisotopic (exact) mass is 1270 g/mol. The second kappa shape index (κ2) is 26.6. The summed E-state index contributed by atoms with van der Waals surface area (Å²) < 4.78 is 11.1. The topological polar surface area (TPSA) is 341 Å². The van der Waals surface area contributed by atoms with Crippen LogP contribution >= 0.6 is 68.0 Å². The normalized spacial score (nSPS) is 19.0. The zero-order chi connectivity index (χ0) is 60.1. The van der Waals surface area contributed by atoms with Gasteiger partial charge in [-0.05, 0) is 56.2 Å². The number of carboxylic acid groups (broad SMARTS) is 1. The molecule has 85 heavy (non-hydrogen) atoms. The number of hydrogen-bond donors (Lipinski definition) is 8. The Hall–Kier alpha value is -7.84. The maximum atomic E-state index is 14.3. The molecule has 8 N–H and O–H groups in total. The van der Waals surface area contributed by atoms with Gasteiger partial charge in [0.05, 0.1) is 48.1 Å². The van der Waals surface area contributed by atoms with Crippen molar-refractivity contribution >= 4 is 115 Å². The van der Waals surface area contributed by atoms with Gasteiger partial charge in [-0.3, -0.25) is 34.1 Å². The second-order valence-corrected chi connectivity index (χ2v) is 25.8. The quantitative estimate of drug-likeness (QED) is 0.0601. The van der Waals surface area contributed by atoms with Gasteiger partial charge in [0.15, 0.2) is 0 Å². The number of benzene rings is 1. The number of fused-ring (bicyclic) bond motifs is 14. The number of carboxylic acids is 1. The van der Waals surface area contributed by atoms with Gasteiger partial charge in [0.1, 0.15) is 88.3 Å². The predicted molar refractivity (Wildman–Crippen MR) is 320 cm³/mol. The first kappa shape index (κ1) is 60.3. The van der Waals surface area contributed by atoms with Crippen molar-refractivity contribution in [1.82, 2.24) is 61.5 Å². The molecule has 0 spiro atoms. The Kier molecular flexibility index (Phi) is 18.9. The largest absolute Gasteiger partial charge is 0.481 e. The maximum absolute atomic E-state index is 14.3. The van der Waals surface area contributed by atoms with Crippen LogP contribution in [-0.2, 0) is 30.5 Å². The molecule has 1 fully saturated rings. The summed E-state index contributed by atoms with van der Waals surface area (Å²) in [6.45, 7) is 4.94. The SMILES string of the molecule is CNC(=O)C[C@@H]1NC(=O)c2csc(n2)-c2ccc(-c3nc(NC(=O)OC4CCC(C(=O)O)CC4)cs3)nc2-c2csc(n2)-c2csc(n2)[C@H]([C@@H](O)c2ccccc2)NC(=O)CNC(=O)c2nc(sc2COC)[C@@H](C(C)C)NC(=O)c2nc1sc2C. The number of amides is 6. The third kappa shape index (κ3) is 14.0. The third-order valence-electron chi connectivity index (χ3n) is 13.8. The number of aliphatic hydroxyl groups excluding tert-OH is 1. The molecule has 0 radical (unpaired) electrons. The van der Waals surface area contributed by atoms with E-state index >= 15 is 0 Å². The number of nitrogens with one attached hydrogen (secondary N) is 6. The van der Waals surface area contributed by atoms with Crippen LogP contribution in [-0.4, -0.2) is 114 Å². The summed E-state index contributed by atoms with van der Waals surface area (Å²) in [5.74, 6) is -4.29. The standard InChI is InChI=1S/C55H55N13O11S6/c1-24(2)39-53-68-42(35(85-53)19-78-5)46(73)57-18-38(70)65-43(44(71)26-9-7-6-8-10-26)52-62-34(22-82-52)50-60-32(20-81-50)41-29(15-16-30(58-41)49-63-36(23-83-49)64-55(77)79-28-13-11-27(12-14-28)54(75)76)48-61-33(21-80-48)45(72)59-31(17-37(69)56-4)51-67-40(25(3)84-51)47(74)66-39/h6-10,15-16,20-24,27-28,31,39,43-44,71H,11-14,17-19H2,1-5H3,(H,56,69)(H,57,73)(H,59,72)(H,64,77)(H,65,70)(H,66,74)(H,75,76)/t27?,28?,31-,39+,43-,44-/m0/s1. The Labute approximate surface area is 509 Å². The highest BCUT2D eigenvalue weighted by molar-refractivity contribution is 7.15. The lowest BCUT2D eigenvalue weighted by Crippen LogP contribution is -2.40. The molecule has 0 unspecified atom stereocenters. The Balaban J connectivity index is 1.02. The highest BCUT2D eigenvalue weighted by Crippen LogP contribution is 2.40. The van der Waals surface area contributed by atoms with Crippen molar-refractivity contribution in [2.75, 3.05) is 26.0 Å². The smallest absolute Gasteiger partial charge is 0.413 e. The van der Waals surface area contributed by atoms with Crippen molar-refractivity contribution in [1.29, 1.82) is 0 Å². The van der Waals surface area contributed by atoms with Gasteiger partial charge in [-0.2, -0.15) is 0 Å². The number of aliphatic hydroxyl groups is 1. The van der Waals surface area contributed by atoms with E-state index < -0.39 is 84.4 Å². The number of aromatic nitrogens is 7. The molecule has 442 valence electrons. The van der Waals surface area contributed by atoms with Crippen molar-refractivity contribution in [3.05, 3.63) is 111 Å². The number of aryl methyl sites for hydroxylation is 1. The molecule has 8 aromatic rings. The van der Waals surface area contributed by atoms with E-state index in [0.29, 0.717) is 94.4 Å². The summed E-state index contributed by atoms with van der Waals surface area (Å²) >= 11 is 7.11. The number of methoxy groups -OCH3 is 1. The summed E-state index contributed by atoms with van der Waals surface area (Å²) in [6.07, 6.45) is -1.01. The van der Waals surface area contributed by atoms with Crippen molar-refractivity contribution < 1.29 is 53.2 Å². The van der Waals surface area contributed by atoms with Gasteiger partial charge in [0.2, 0.25) is 11.8 Å². The Morgan fingerprint density at radius 1 is 0.694 bits per heavy atom. The zero-order valence-electron chi connectivity index (χ0n) is 46.0. The molecule has 1 aromatic carbocycles. The first-order chi connectivity index (χ1) is 40.9. The number of hydrogen-bond acceptors (Lipinski definition) is 23. The number of rotatable bonds is 11. The average molecular weight is 1270 g/mol. The summed E-state index contributed by atoms with van der Waals surface area (Å²) in [7, 11) is 2.93. The van der Waals surface area contributed by atoms with Gasteiger partial charge in [0, 0.05) is 46.1 Å². The van der Waals surface area contributed by atoms with Crippen molar-refractivity contribution in [3.63, 3.8) is 0 Å². The van der Waals surface area contributed by atoms with Crippen LogP contribution in [0.4, 0.5) is 10.6 Å². The van der Waals surface area contributed by atoms with Crippen LogP contribution in [0.3, 0.4) is 0 Å². The molecule has 0 saturated heterocycles. The summed E-state index contributed by atoms with van der Waals surface area (Å²) in [5.41, 5.74) is 2.60. The van der Waals surface area contributed by atoms with Crippen LogP contribution in [0.5, 0.6) is 0 Å². The van der Waals surface area contributed by atoms with E-state index in [4.69, 9.17) is 29.4 Å². The minimum absolute atomic E-state index is 0.00207. The van der Waals surface area contributed by atoms with E-state index in [0.717, 1.165) is 22.7 Å². The molecule has 24 nitrogen and oxygen atoms in total. The van der Waals surface area contributed by atoms with Crippen LogP contribution in [0.25, 0.3) is 43.4 Å². The van der Waals surface area contributed by atoms with Gasteiger partial charge >= 0.3 is 12.1 Å². The van der Waals surface area contributed by atoms with Crippen LogP contribution in [0, 0.1) is 18.8 Å². The Morgan fingerprint density at radius 3 is 2.14 bits per heavy atom. The number of nitrogens with zero attached hydrogens (tertiary/aromatic N) is 7. The molecule has 1 aliphatic heterocycles. The fraction of sp³-hybridized carbons (Fsp3) is 0.345. The third-order valence-corrected chi connectivity index (χ3v) is 19.5. The molecule has 8 heterocycles. The lowest BCUT2D eigenvalue weighted by molar-refractivity contribution is -0.143. The van der Waals surface area contributed by atoms with Gasteiger partial charge in [-0.15, -0.1) is 68.0 Å². The lowest BCUT2D eigenvalue weighted by Gasteiger charge is -2.25. The van der Waals surface area contributed by atoms with Crippen molar-refractivity contribution in [3.8, 4) is 43.4 Å². The summed E-state index contributed by atoms with van der Waals surface area (Å²) in [6, 6.07) is 9.42. The van der Waals surface area contributed by atoms with E-state index in [1.54, 1.807) is 70.9 Å². The first-order valence-corrected chi connectivity index (χ1v) is 31.7. The summed E-state index contributed by atoms with van der Waals surface area (Å²) in [4.78, 5) is 129. The number of aliphatic carboxylic acids is 1. The van der Waals surface area contributed by atoms with Crippen LogP contribution in [0.2, 0.25) is 0 Å². The maximum Gasteiger partial charge on any atom is 0.413 e. The first-order valence-electron chi connectivity index (χ1n) is 26.6. The summed E-state index contributed by atoms with van der Waals surface area (Å²) in [5, 5.41) is 47.1. The van der Waals surface area contributed by atoms with Gasteiger partial charge in [-0.1, -0.05) is 44.2 Å². The van der Waals surface area contributed by atoms with E-state index in [-0.39, 0.29) is 46.9 Å². The Bertz CT molecular complexity index is 3790. The minimum Gasteiger partial charge on any atom is -0.481 e. The molecule has 10 rings (SSSR count). The number of ether oxygens (including phenoxy) is 2. The molecular formula is C55H55N13O11S6. The Morgan fingerprint density at radius 2 is 1.40 bits per heavy atom. The zero-order valence-corrected chi connectivity index (χ0v) is 50.9. The number of carbonyl (C=O) groups excluding carboxylic acids is 6. The second-order valence-electron chi connectivity index (χ2n) is 20.0. The van der Waals surface area contributed by atoms with Gasteiger partial charge in [0.25, 0.3) is 17.7 Å². The van der Waals surface area contributed by atoms with Gasteiger partial charge < -0.3 is 46.3 Å². The molecular weight excluding hydrogens is 1210 g/mol. The number of pyridine rings is 1. The fourth-order valence-electron chi connectivity index (χ4n) is 9.35. The number of carbonyl (C=O) groups is 7. The molecule has 1 aliphatic carbocycles. The fourth-order valence-corrected chi connectivity index (χ4v) is 14.9. The molecule has 30 heteroatoms. The highest BCUT2D eigenvalue weighted by Gasteiger charge is 2.34. The van der Waals surface area contributed by atoms with Crippen molar-refractivity contribution in [2.45, 2.75) is 89.8 Å². The minimum atomic E-state index is -1.28. The molecule has 7 aromatic heterocycles. The highest BCUT2D eigenvalue weighted by atomic mass is 32.1. The van der Waals surface area contributed by atoms with E-state index in [1.807, 2.05) is 13.8 Å². The van der Waals surface area contributed by atoms with Crippen LogP contribution < -0.4 is 31.9 Å². The van der Waals surface area contributed by atoms with Crippen molar-refractivity contribution in [2.24, 2.45) is 11.8 Å². The molecule has 1 saturated carbocycles. The number of anilines is 1. The molecule has 10 bridgehead atoms. The van der Waals surface area contributed by atoms with Crippen LogP contribution in [0.1, 0.15) is 132 Å². The van der Waals surface area contributed by atoms with E-state index in [1.165, 1.54) is 59.5 Å². The predicted octanol–water partition coefficient (Wildman–Crippen LogP) is 8.50. The lowest BCUT2D eigenvalue weighted by atomic mass is 9.87. The van der Waals surface area contributed by atoms with E-state index in [9.17, 15) is 43.8 Å². The van der Waals surface area contributed by atoms with Gasteiger partial charge in [-0.25, -0.2) is 39.7 Å². The average Bonchev–Trinajstić information content (AvgIpc) is 4.56. The molecule has 2 aliphatic rings.